The summed E-state index contributed by atoms with van der Waals surface area (Å²) in [6.07, 6.45) is 2.51. The molecule has 1 N–H and O–H groups in total. The number of carboxylic acid groups (broad SMARTS) is 1. The molecule has 0 bridgehead atoms. The SMILES string of the molecule is CCc1ccc(C(c2ccc3ccccc3c2)N2CCC(C(=O)O)CC2)s1. The molecule has 3 aromatic rings. The molecular weight excluding hydrogens is 354 g/mol. The topological polar surface area (TPSA) is 40.5 Å². The van der Waals surface area contributed by atoms with Gasteiger partial charge >= 0.3 is 5.97 Å². The number of nitrogens with zero attached hydrogens (tertiary/aromatic N) is 1. The Balaban J connectivity index is 1.70. The highest BCUT2D eigenvalue weighted by Crippen LogP contribution is 2.37. The Hall–Kier alpha value is -2.17. The molecule has 0 aliphatic carbocycles. The minimum absolute atomic E-state index is 0.201. The van der Waals surface area contributed by atoms with Crippen LogP contribution in [0, 0.1) is 5.92 Å². The van der Waals surface area contributed by atoms with Crippen LogP contribution in [-0.2, 0) is 11.2 Å². The van der Waals surface area contributed by atoms with Crippen LogP contribution in [0.5, 0.6) is 0 Å². The van der Waals surface area contributed by atoms with E-state index < -0.39 is 5.97 Å². The number of carbonyl (C=O) groups is 1. The van der Waals surface area contributed by atoms with Crippen molar-refractivity contribution in [1.29, 1.82) is 0 Å². The van der Waals surface area contributed by atoms with Gasteiger partial charge in [0.2, 0.25) is 0 Å². The highest BCUT2D eigenvalue weighted by atomic mass is 32.1. The lowest BCUT2D eigenvalue weighted by Gasteiger charge is -2.36. The summed E-state index contributed by atoms with van der Waals surface area (Å²) in [6.45, 7) is 3.85. The normalized spacial score (nSPS) is 17.2. The highest BCUT2D eigenvalue weighted by Gasteiger charge is 2.31. The molecule has 140 valence electrons. The summed E-state index contributed by atoms with van der Waals surface area (Å²) in [5.41, 5.74) is 1.30. The number of thiophene rings is 1. The zero-order valence-electron chi connectivity index (χ0n) is 15.6. The fourth-order valence-corrected chi connectivity index (χ4v) is 5.19. The second kappa shape index (κ2) is 7.83. The first-order valence-electron chi connectivity index (χ1n) is 9.70. The Morgan fingerprint density at radius 3 is 2.52 bits per heavy atom. The van der Waals surface area contributed by atoms with Gasteiger partial charge in [-0.05, 0) is 66.9 Å². The third kappa shape index (κ3) is 3.78. The van der Waals surface area contributed by atoms with Crippen LogP contribution in [0.25, 0.3) is 10.8 Å². The number of rotatable bonds is 5. The van der Waals surface area contributed by atoms with Crippen LogP contribution in [0.15, 0.2) is 54.6 Å². The van der Waals surface area contributed by atoms with Crippen molar-refractivity contribution >= 4 is 28.1 Å². The van der Waals surface area contributed by atoms with Crippen molar-refractivity contribution in [3.63, 3.8) is 0 Å². The fourth-order valence-electron chi connectivity index (χ4n) is 4.07. The molecule has 27 heavy (non-hydrogen) atoms. The largest absolute Gasteiger partial charge is 0.481 e. The van der Waals surface area contributed by atoms with E-state index in [1.807, 2.05) is 11.3 Å². The summed E-state index contributed by atoms with van der Waals surface area (Å²) >= 11 is 1.88. The molecule has 1 atom stereocenters. The maximum absolute atomic E-state index is 11.3. The van der Waals surface area contributed by atoms with Crippen LogP contribution >= 0.6 is 11.3 Å². The molecule has 1 aliphatic rings. The fraction of sp³-hybridized carbons (Fsp3) is 0.348. The molecule has 0 spiro atoms. The van der Waals surface area contributed by atoms with E-state index in [4.69, 9.17) is 0 Å². The molecule has 4 rings (SSSR count). The molecule has 1 aromatic heterocycles. The van der Waals surface area contributed by atoms with Crippen LogP contribution < -0.4 is 0 Å². The second-order valence-electron chi connectivity index (χ2n) is 7.32. The minimum atomic E-state index is -0.652. The van der Waals surface area contributed by atoms with Crippen molar-refractivity contribution in [1.82, 2.24) is 4.90 Å². The summed E-state index contributed by atoms with van der Waals surface area (Å²) in [5, 5.41) is 11.8. The van der Waals surface area contributed by atoms with Gasteiger partial charge in [-0.15, -0.1) is 11.3 Å². The van der Waals surface area contributed by atoms with Crippen LogP contribution in [0.3, 0.4) is 0 Å². The molecule has 2 aromatic carbocycles. The van der Waals surface area contributed by atoms with Gasteiger partial charge < -0.3 is 5.11 Å². The quantitative estimate of drug-likeness (QED) is 0.650. The number of likely N-dealkylation sites (tertiary alicyclic amines) is 1. The summed E-state index contributed by atoms with van der Waals surface area (Å²) in [7, 11) is 0. The first-order chi connectivity index (χ1) is 13.2. The standard InChI is InChI=1S/C23H25NO2S/c1-2-20-9-10-21(27-20)22(24-13-11-17(12-14-24)23(25)26)19-8-7-16-5-3-4-6-18(16)15-19/h3-10,15,17,22H,2,11-14H2,1H3,(H,25,26). The van der Waals surface area contributed by atoms with Gasteiger partial charge in [0.15, 0.2) is 0 Å². The predicted molar refractivity (Wildman–Crippen MR) is 111 cm³/mol. The number of benzene rings is 2. The summed E-state index contributed by atoms with van der Waals surface area (Å²) < 4.78 is 0. The van der Waals surface area contributed by atoms with Crippen molar-refractivity contribution in [3.8, 4) is 0 Å². The summed E-state index contributed by atoms with van der Waals surface area (Å²) in [5.74, 6) is -0.852. The summed E-state index contributed by atoms with van der Waals surface area (Å²) in [4.78, 5) is 16.6. The Morgan fingerprint density at radius 2 is 1.85 bits per heavy atom. The number of aryl methyl sites for hydroxylation is 1. The van der Waals surface area contributed by atoms with Crippen LogP contribution in [0.4, 0.5) is 0 Å². The number of carboxylic acids is 1. The van der Waals surface area contributed by atoms with Gasteiger partial charge in [-0.25, -0.2) is 0 Å². The predicted octanol–water partition coefficient (Wildman–Crippen LogP) is 5.35. The Labute approximate surface area is 164 Å². The van der Waals surface area contributed by atoms with Crippen molar-refractivity contribution in [2.45, 2.75) is 32.2 Å². The van der Waals surface area contributed by atoms with Gasteiger partial charge in [-0.3, -0.25) is 9.69 Å². The number of piperidine rings is 1. The maximum atomic E-state index is 11.3. The molecule has 0 radical (unpaired) electrons. The van der Waals surface area contributed by atoms with Crippen molar-refractivity contribution in [2.24, 2.45) is 5.92 Å². The van der Waals surface area contributed by atoms with E-state index in [0.29, 0.717) is 0 Å². The molecular formula is C23H25NO2S. The maximum Gasteiger partial charge on any atom is 0.306 e. The van der Waals surface area contributed by atoms with Gasteiger partial charge in [0.05, 0.1) is 12.0 Å². The van der Waals surface area contributed by atoms with Gasteiger partial charge in [-0.2, -0.15) is 0 Å². The number of fused-ring (bicyclic) bond motifs is 1. The molecule has 2 heterocycles. The van der Waals surface area contributed by atoms with Crippen LogP contribution in [-0.4, -0.2) is 29.1 Å². The number of hydrogen-bond acceptors (Lipinski definition) is 3. The number of aliphatic carboxylic acids is 1. The van der Waals surface area contributed by atoms with E-state index in [1.165, 1.54) is 26.1 Å². The lowest BCUT2D eigenvalue weighted by atomic mass is 9.93. The lowest BCUT2D eigenvalue weighted by molar-refractivity contribution is -0.143. The van der Waals surface area contributed by atoms with E-state index in [0.717, 1.165) is 32.4 Å². The molecule has 1 saturated heterocycles. The van der Waals surface area contributed by atoms with Gasteiger partial charge in [-0.1, -0.05) is 43.3 Å². The Kier molecular flexibility index (Phi) is 5.28. The first-order valence-corrected chi connectivity index (χ1v) is 10.5. The highest BCUT2D eigenvalue weighted by molar-refractivity contribution is 7.12. The van der Waals surface area contributed by atoms with Crippen LogP contribution in [0.1, 0.15) is 41.1 Å². The average molecular weight is 380 g/mol. The summed E-state index contributed by atoms with van der Waals surface area (Å²) in [6, 6.07) is 19.9. The molecule has 0 saturated carbocycles. The molecule has 1 aliphatic heterocycles. The third-order valence-corrected chi connectivity index (χ3v) is 6.92. The molecule has 0 amide bonds. The monoisotopic (exact) mass is 379 g/mol. The zero-order chi connectivity index (χ0) is 18.8. The van der Waals surface area contributed by atoms with Crippen molar-refractivity contribution in [2.75, 3.05) is 13.1 Å². The molecule has 3 nitrogen and oxygen atoms in total. The zero-order valence-corrected chi connectivity index (χ0v) is 16.4. The van der Waals surface area contributed by atoms with Crippen molar-refractivity contribution < 1.29 is 9.90 Å². The van der Waals surface area contributed by atoms with E-state index in [2.05, 4.69) is 66.4 Å². The van der Waals surface area contributed by atoms with Gasteiger partial charge in [0.1, 0.15) is 0 Å². The van der Waals surface area contributed by atoms with E-state index >= 15 is 0 Å². The van der Waals surface area contributed by atoms with E-state index in [9.17, 15) is 9.90 Å². The van der Waals surface area contributed by atoms with Gasteiger partial charge in [0, 0.05) is 9.75 Å². The molecule has 1 unspecified atom stereocenters. The Morgan fingerprint density at radius 1 is 1.11 bits per heavy atom. The molecule has 4 heteroatoms. The lowest BCUT2D eigenvalue weighted by Crippen LogP contribution is -2.39. The smallest absolute Gasteiger partial charge is 0.306 e. The molecule has 1 fully saturated rings. The van der Waals surface area contributed by atoms with Crippen molar-refractivity contribution in [3.05, 3.63) is 69.9 Å². The Bertz CT molecular complexity index is 940. The third-order valence-electron chi connectivity index (χ3n) is 5.63. The second-order valence-corrected chi connectivity index (χ2v) is 8.52. The minimum Gasteiger partial charge on any atom is -0.481 e. The van der Waals surface area contributed by atoms with E-state index in [-0.39, 0.29) is 12.0 Å². The van der Waals surface area contributed by atoms with Gasteiger partial charge in [0.25, 0.3) is 0 Å². The van der Waals surface area contributed by atoms with E-state index in [1.54, 1.807) is 0 Å². The first kappa shape index (κ1) is 18.2. The van der Waals surface area contributed by atoms with Crippen LogP contribution in [0.2, 0.25) is 0 Å². The average Bonchev–Trinajstić information content (AvgIpc) is 3.17. The number of hydrogen-bond donors (Lipinski definition) is 1.